The highest BCUT2D eigenvalue weighted by molar-refractivity contribution is 7.89. The molecule has 0 atom stereocenters. The van der Waals surface area contributed by atoms with Crippen LogP contribution in [-0.2, 0) is 10.0 Å². The van der Waals surface area contributed by atoms with Crippen molar-refractivity contribution in [1.82, 2.24) is 4.98 Å². The molecule has 0 aliphatic heterocycles. The van der Waals surface area contributed by atoms with Crippen molar-refractivity contribution < 1.29 is 17.2 Å². The Morgan fingerprint density at radius 2 is 1.80 bits per heavy atom. The molecule has 0 spiro atoms. The van der Waals surface area contributed by atoms with E-state index in [1.807, 2.05) is 0 Å². The van der Waals surface area contributed by atoms with Crippen LogP contribution in [-0.4, -0.2) is 13.4 Å². The summed E-state index contributed by atoms with van der Waals surface area (Å²) in [5.74, 6) is 0. The van der Waals surface area contributed by atoms with Gasteiger partial charge in [-0.1, -0.05) is 0 Å². The Kier molecular flexibility index (Phi) is 2.77. The molecule has 6 N–H and O–H groups in total. The van der Waals surface area contributed by atoms with Crippen LogP contribution in [0, 0.1) is 0 Å². The predicted octanol–water partition coefficient (Wildman–Crippen LogP) is -0.169. The van der Waals surface area contributed by atoms with E-state index >= 15 is 0 Å². The number of rotatable bonds is 2. The fourth-order valence-corrected chi connectivity index (χ4v) is 1.55. The first-order valence-corrected chi connectivity index (χ1v) is 5.14. The quantitative estimate of drug-likeness (QED) is 0.659. The lowest BCUT2D eigenvalue weighted by Crippen LogP contribution is -2.17. The first-order chi connectivity index (χ1) is 6.75. The van der Waals surface area contributed by atoms with Crippen LogP contribution in [0.25, 0.3) is 0 Å². The lowest BCUT2D eigenvalue weighted by atomic mass is 10.2. The van der Waals surface area contributed by atoms with E-state index in [0.717, 1.165) is 0 Å². The molecule has 0 saturated heterocycles. The minimum atomic E-state index is -4.11. The molecule has 0 aliphatic carbocycles. The second-order valence-electron chi connectivity index (χ2n) is 2.68. The topological polar surface area (TPSA) is 125 Å². The number of nitrogens with zero attached hydrogens (tertiary/aromatic N) is 1. The Bertz CT molecular complexity index is 488. The van der Waals surface area contributed by atoms with Gasteiger partial charge in [0.15, 0.2) is 0 Å². The summed E-state index contributed by atoms with van der Waals surface area (Å²) in [6.07, 6.45) is -2.27. The molecule has 0 fully saturated rings. The Labute approximate surface area is 84.1 Å². The summed E-state index contributed by atoms with van der Waals surface area (Å²) in [6.45, 7) is 0. The number of primary sulfonamides is 1. The van der Waals surface area contributed by atoms with Crippen LogP contribution in [0.15, 0.2) is 11.1 Å². The van der Waals surface area contributed by atoms with Crippen LogP contribution in [0.3, 0.4) is 0 Å². The summed E-state index contributed by atoms with van der Waals surface area (Å²) in [6, 6.07) is 0. The number of nitrogen functional groups attached to an aromatic ring is 2. The smallest absolute Gasteiger partial charge is 0.282 e. The zero-order chi connectivity index (χ0) is 11.8. The van der Waals surface area contributed by atoms with Gasteiger partial charge < -0.3 is 11.5 Å². The van der Waals surface area contributed by atoms with Gasteiger partial charge in [0.25, 0.3) is 6.43 Å². The van der Waals surface area contributed by atoms with E-state index in [2.05, 4.69) is 4.98 Å². The molecule has 1 rings (SSSR count). The minimum absolute atomic E-state index is 0.511. The fraction of sp³-hybridized carbons (Fsp3) is 0.167. The second-order valence-corrected chi connectivity index (χ2v) is 4.21. The largest absolute Gasteiger partial charge is 0.396 e. The first kappa shape index (κ1) is 11.6. The molecule has 15 heavy (non-hydrogen) atoms. The van der Waals surface area contributed by atoms with Crippen molar-refractivity contribution >= 4 is 21.4 Å². The van der Waals surface area contributed by atoms with Crippen molar-refractivity contribution in [2.45, 2.75) is 11.3 Å². The Balaban J connectivity index is 3.48. The number of aromatic nitrogens is 1. The maximum atomic E-state index is 12.3. The zero-order valence-electron chi connectivity index (χ0n) is 7.31. The third-order valence-electron chi connectivity index (χ3n) is 1.67. The third kappa shape index (κ3) is 2.13. The molecule has 0 aromatic carbocycles. The van der Waals surface area contributed by atoms with Gasteiger partial charge in [-0.05, 0) is 0 Å². The summed E-state index contributed by atoms with van der Waals surface area (Å²) in [4.78, 5) is 2.63. The van der Waals surface area contributed by atoms with Gasteiger partial charge in [0.05, 0.1) is 11.4 Å². The average Bonchev–Trinajstić information content (AvgIpc) is 2.06. The normalized spacial score (nSPS) is 12.0. The lowest BCUT2D eigenvalue weighted by Gasteiger charge is -2.09. The van der Waals surface area contributed by atoms with Gasteiger partial charge in [0, 0.05) is 6.20 Å². The second kappa shape index (κ2) is 3.59. The summed E-state index contributed by atoms with van der Waals surface area (Å²) in [5, 5.41) is 4.76. The molecule has 0 amide bonds. The summed E-state index contributed by atoms with van der Waals surface area (Å²) < 4.78 is 46.3. The molecule has 9 heteroatoms. The van der Waals surface area contributed by atoms with E-state index in [-0.39, 0.29) is 0 Å². The van der Waals surface area contributed by atoms with Crippen molar-refractivity contribution in [1.29, 1.82) is 0 Å². The molecule has 0 radical (unpaired) electrons. The number of halogens is 2. The molecule has 1 heterocycles. The summed E-state index contributed by atoms with van der Waals surface area (Å²) in [7, 11) is -4.11. The van der Waals surface area contributed by atoms with Gasteiger partial charge in [-0.25, -0.2) is 22.3 Å². The van der Waals surface area contributed by atoms with Crippen molar-refractivity contribution in [2.75, 3.05) is 11.5 Å². The Morgan fingerprint density at radius 1 is 1.27 bits per heavy atom. The van der Waals surface area contributed by atoms with Crippen LogP contribution in [0.4, 0.5) is 20.2 Å². The molecular weight excluding hydrogens is 230 g/mol. The zero-order valence-corrected chi connectivity index (χ0v) is 8.13. The van der Waals surface area contributed by atoms with Crippen LogP contribution < -0.4 is 16.6 Å². The van der Waals surface area contributed by atoms with Crippen molar-refractivity contribution in [3.8, 4) is 0 Å². The molecule has 1 aromatic rings. The number of nitrogens with two attached hydrogens (primary N) is 3. The Hall–Kier alpha value is -1.48. The molecule has 0 aliphatic rings. The van der Waals surface area contributed by atoms with Crippen molar-refractivity contribution in [3.05, 3.63) is 11.9 Å². The van der Waals surface area contributed by atoms with Gasteiger partial charge in [-0.3, -0.25) is 4.98 Å². The first-order valence-electron chi connectivity index (χ1n) is 3.60. The van der Waals surface area contributed by atoms with Gasteiger partial charge in [0.1, 0.15) is 10.6 Å². The molecular formula is C6H8F2N4O2S. The highest BCUT2D eigenvalue weighted by Crippen LogP contribution is 2.30. The van der Waals surface area contributed by atoms with E-state index in [1.165, 1.54) is 0 Å². The number of anilines is 2. The standard InChI is InChI=1S/C6H8F2N4O2S/c7-6(8)5-4(10)3(9)2(1-12-5)15(11,13)14/h1,6H,10H2,(H2,9,12)(H2,11,13,14). The highest BCUT2D eigenvalue weighted by atomic mass is 32.2. The third-order valence-corrected chi connectivity index (χ3v) is 2.60. The highest BCUT2D eigenvalue weighted by Gasteiger charge is 2.21. The summed E-state index contributed by atoms with van der Waals surface area (Å²) >= 11 is 0. The number of hydrogen-bond acceptors (Lipinski definition) is 5. The maximum Gasteiger partial charge on any atom is 0.282 e. The van der Waals surface area contributed by atoms with Crippen molar-refractivity contribution in [2.24, 2.45) is 5.14 Å². The molecule has 0 unspecified atom stereocenters. The SMILES string of the molecule is Nc1c(S(N)(=O)=O)cnc(C(F)F)c1N. The predicted molar refractivity (Wildman–Crippen MR) is 49.4 cm³/mol. The average molecular weight is 238 g/mol. The van der Waals surface area contributed by atoms with Crippen LogP contribution in [0.1, 0.15) is 12.1 Å². The fourth-order valence-electron chi connectivity index (χ4n) is 0.939. The molecule has 1 aromatic heterocycles. The van der Waals surface area contributed by atoms with E-state index in [4.69, 9.17) is 16.6 Å². The number of pyridine rings is 1. The van der Waals surface area contributed by atoms with Crippen LogP contribution in [0.5, 0.6) is 0 Å². The van der Waals surface area contributed by atoms with Crippen LogP contribution >= 0.6 is 0 Å². The number of sulfonamides is 1. The van der Waals surface area contributed by atoms with Crippen LogP contribution in [0.2, 0.25) is 0 Å². The van der Waals surface area contributed by atoms with E-state index in [0.29, 0.717) is 6.20 Å². The van der Waals surface area contributed by atoms with E-state index in [1.54, 1.807) is 0 Å². The monoisotopic (exact) mass is 238 g/mol. The molecule has 0 bridgehead atoms. The molecule has 84 valence electrons. The number of alkyl halides is 2. The van der Waals surface area contributed by atoms with E-state index in [9.17, 15) is 17.2 Å². The molecule has 6 nitrogen and oxygen atoms in total. The number of hydrogen-bond donors (Lipinski definition) is 3. The summed E-state index contributed by atoms with van der Waals surface area (Å²) in [5.41, 5.74) is 8.60. The van der Waals surface area contributed by atoms with Gasteiger partial charge in [-0.2, -0.15) is 0 Å². The van der Waals surface area contributed by atoms with Crippen molar-refractivity contribution in [3.63, 3.8) is 0 Å². The lowest BCUT2D eigenvalue weighted by molar-refractivity contribution is 0.147. The Morgan fingerprint density at radius 3 is 2.20 bits per heavy atom. The van der Waals surface area contributed by atoms with E-state index < -0.39 is 38.4 Å². The minimum Gasteiger partial charge on any atom is -0.396 e. The van der Waals surface area contributed by atoms with Gasteiger partial charge in [-0.15, -0.1) is 0 Å². The van der Waals surface area contributed by atoms with Gasteiger partial charge in [0.2, 0.25) is 10.0 Å². The maximum absolute atomic E-state index is 12.3. The molecule has 0 saturated carbocycles. The van der Waals surface area contributed by atoms with Gasteiger partial charge >= 0.3 is 0 Å².